The second kappa shape index (κ2) is 8.97. The van der Waals surface area contributed by atoms with Gasteiger partial charge in [0.2, 0.25) is 5.91 Å². The van der Waals surface area contributed by atoms with Crippen LogP contribution in [0.4, 0.5) is 0 Å². The van der Waals surface area contributed by atoms with E-state index in [4.69, 9.17) is 0 Å². The van der Waals surface area contributed by atoms with Crippen LogP contribution in [0.5, 0.6) is 0 Å². The number of fused-ring (bicyclic) bond motifs is 1. The standard InChI is InChI=1S/C23H29N5O3S/c1-15-8-10-17(11-9-15)13-28-19-20(25(3)23(31)26(4)21(19)30)24-22(28)32-14-18(29)27-12-6-5-7-16(27)2/h8-11,16H,5-7,12-14H2,1-4H3. The van der Waals surface area contributed by atoms with Crippen molar-refractivity contribution in [1.29, 1.82) is 0 Å². The molecular formula is C23H29N5O3S. The van der Waals surface area contributed by atoms with Crippen LogP contribution in [0.25, 0.3) is 11.2 Å². The SMILES string of the molecule is Cc1ccc(Cn2c(SCC(=O)N3CCCCC3C)nc3c2c(=O)n(C)c(=O)n3C)cc1. The van der Waals surface area contributed by atoms with Crippen molar-refractivity contribution >= 4 is 28.8 Å². The molecule has 0 saturated carbocycles. The van der Waals surface area contributed by atoms with Crippen molar-refractivity contribution in [3.63, 3.8) is 0 Å². The monoisotopic (exact) mass is 455 g/mol. The molecule has 32 heavy (non-hydrogen) atoms. The molecule has 0 bridgehead atoms. The predicted molar refractivity (Wildman–Crippen MR) is 126 cm³/mol. The lowest BCUT2D eigenvalue weighted by Crippen LogP contribution is -2.43. The topological polar surface area (TPSA) is 82.1 Å². The molecule has 0 aliphatic carbocycles. The number of hydrogen-bond donors (Lipinski definition) is 0. The van der Waals surface area contributed by atoms with E-state index in [0.29, 0.717) is 22.9 Å². The minimum absolute atomic E-state index is 0.0814. The molecule has 8 nitrogen and oxygen atoms in total. The third kappa shape index (κ3) is 4.13. The van der Waals surface area contributed by atoms with Gasteiger partial charge in [0.05, 0.1) is 12.3 Å². The largest absolute Gasteiger partial charge is 0.339 e. The Bertz CT molecular complexity index is 1270. The van der Waals surface area contributed by atoms with Crippen LogP contribution >= 0.6 is 11.8 Å². The zero-order valence-electron chi connectivity index (χ0n) is 19.0. The van der Waals surface area contributed by atoms with Crippen LogP contribution < -0.4 is 11.2 Å². The first kappa shape index (κ1) is 22.4. The maximum Gasteiger partial charge on any atom is 0.332 e. The van der Waals surface area contributed by atoms with Gasteiger partial charge in [0.15, 0.2) is 16.3 Å². The molecule has 0 radical (unpaired) electrons. The van der Waals surface area contributed by atoms with Gasteiger partial charge in [-0.25, -0.2) is 9.78 Å². The van der Waals surface area contributed by atoms with Crippen LogP contribution in [0, 0.1) is 6.92 Å². The van der Waals surface area contributed by atoms with E-state index in [9.17, 15) is 14.4 Å². The number of carbonyl (C=O) groups is 1. The fraction of sp³-hybridized carbons (Fsp3) is 0.478. The number of hydrogen-bond acceptors (Lipinski definition) is 5. The number of amides is 1. The predicted octanol–water partition coefficient (Wildman–Crippen LogP) is 2.28. The summed E-state index contributed by atoms with van der Waals surface area (Å²) in [5.41, 5.74) is 2.08. The zero-order valence-corrected chi connectivity index (χ0v) is 19.8. The summed E-state index contributed by atoms with van der Waals surface area (Å²) < 4.78 is 4.32. The highest BCUT2D eigenvalue weighted by atomic mass is 32.2. The minimum atomic E-state index is -0.419. The van der Waals surface area contributed by atoms with Gasteiger partial charge in [-0.15, -0.1) is 0 Å². The molecule has 1 saturated heterocycles. The van der Waals surface area contributed by atoms with Gasteiger partial charge in [-0.2, -0.15) is 0 Å². The van der Waals surface area contributed by atoms with Gasteiger partial charge in [0.25, 0.3) is 5.56 Å². The first-order valence-electron chi connectivity index (χ1n) is 10.9. The van der Waals surface area contributed by atoms with Crippen molar-refractivity contribution in [3.8, 4) is 0 Å². The molecule has 2 aromatic heterocycles. The molecule has 1 fully saturated rings. The van der Waals surface area contributed by atoms with Crippen molar-refractivity contribution in [2.75, 3.05) is 12.3 Å². The molecule has 1 amide bonds. The zero-order chi connectivity index (χ0) is 23.0. The molecule has 0 N–H and O–H groups in total. The fourth-order valence-corrected chi connectivity index (χ4v) is 5.12. The van der Waals surface area contributed by atoms with E-state index < -0.39 is 5.69 Å². The van der Waals surface area contributed by atoms with Crippen molar-refractivity contribution in [2.24, 2.45) is 14.1 Å². The van der Waals surface area contributed by atoms with Gasteiger partial charge in [-0.3, -0.25) is 18.7 Å². The molecule has 9 heteroatoms. The lowest BCUT2D eigenvalue weighted by molar-refractivity contribution is -0.131. The van der Waals surface area contributed by atoms with E-state index in [1.807, 2.05) is 40.7 Å². The van der Waals surface area contributed by atoms with Crippen LogP contribution in [-0.2, 0) is 25.4 Å². The Morgan fingerprint density at radius 2 is 1.84 bits per heavy atom. The van der Waals surface area contributed by atoms with E-state index in [-0.39, 0.29) is 23.3 Å². The molecular weight excluding hydrogens is 426 g/mol. The number of imidazole rings is 1. The number of likely N-dealkylation sites (tertiary alicyclic amines) is 1. The summed E-state index contributed by atoms with van der Waals surface area (Å²) in [7, 11) is 3.09. The Hall–Kier alpha value is -2.81. The van der Waals surface area contributed by atoms with Crippen molar-refractivity contribution in [1.82, 2.24) is 23.6 Å². The van der Waals surface area contributed by atoms with Gasteiger partial charge in [0, 0.05) is 26.7 Å². The first-order chi connectivity index (χ1) is 15.3. The summed E-state index contributed by atoms with van der Waals surface area (Å²) in [5.74, 6) is 0.327. The maximum absolute atomic E-state index is 13.0. The lowest BCUT2D eigenvalue weighted by atomic mass is 10.0. The normalized spacial score (nSPS) is 16.6. The van der Waals surface area contributed by atoms with Crippen molar-refractivity contribution in [2.45, 2.75) is 50.9 Å². The first-order valence-corrected chi connectivity index (χ1v) is 11.9. The number of carbonyl (C=O) groups excluding carboxylic acids is 1. The molecule has 3 aromatic rings. The smallest absolute Gasteiger partial charge is 0.332 e. The van der Waals surface area contributed by atoms with Gasteiger partial charge in [-0.1, -0.05) is 41.6 Å². The quantitative estimate of drug-likeness (QED) is 0.552. The van der Waals surface area contributed by atoms with Crippen LogP contribution in [0.2, 0.25) is 0 Å². The number of rotatable bonds is 5. The summed E-state index contributed by atoms with van der Waals surface area (Å²) in [4.78, 5) is 44.9. The molecule has 1 aliphatic rings. The highest BCUT2D eigenvalue weighted by Gasteiger charge is 2.25. The van der Waals surface area contributed by atoms with Crippen LogP contribution in [0.15, 0.2) is 39.0 Å². The molecule has 4 rings (SSSR count). The average Bonchev–Trinajstić information content (AvgIpc) is 3.14. The van der Waals surface area contributed by atoms with Gasteiger partial charge in [0.1, 0.15) is 0 Å². The maximum atomic E-state index is 13.0. The molecule has 3 heterocycles. The van der Waals surface area contributed by atoms with Gasteiger partial charge < -0.3 is 9.47 Å². The van der Waals surface area contributed by atoms with Gasteiger partial charge in [-0.05, 0) is 38.7 Å². The van der Waals surface area contributed by atoms with Crippen molar-refractivity contribution in [3.05, 3.63) is 56.2 Å². The van der Waals surface area contributed by atoms with Gasteiger partial charge >= 0.3 is 5.69 Å². The van der Waals surface area contributed by atoms with Crippen LogP contribution in [-0.4, -0.2) is 47.8 Å². The number of nitrogens with zero attached hydrogens (tertiary/aromatic N) is 5. The summed E-state index contributed by atoms with van der Waals surface area (Å²) in [6.45, 7) is 5.33. The number of aryl methyl sites for hydroxylation is 2. The second-order valence-corrected chi connectivity index (χ2v) is 9.51. The summed E-state index contributed by atoms with van der Waals surface area (Å²) >= 11 is 1.33. The van der Waals surface area contributed by atoms with Crippen molar-refractivity contribution < 1.29 is 4.79 Å². The Balaban J connectivity index is 1.73. The molecule has 1 atom stereocenters. The number of aromatic nitrogens is 4. The number of benzene rings is 1. The minimum Gasteiger partial charge on any atom is -0.339 e. The molecule has 0 spiro atoms. The third-order valence-electron chi connectivity index (χ3n) is 6.22. The van der Waals surface area contributed by atoms with E-state index in [1.54, 1.807) is 7.05 Å². The Morgan fingerprint density at radius 3 is 2.53 bits per heavy atom. The fourth-order valence-electron chi connectivity index (χ4n) is 4.24. The van der Waals surface area contributed by atoms with Crippen LogP contribution in [0.3, 0.4) is 0 Å². The highest BCUT2D eigenvalue weighted by Crippen LogP contribution is 2.25. The second-order valence-electron chi connectivity index (χ2n) is 8.56. The summed E-state index contributed by atoms with van der Waals surface area (Å²) in [6.07, 6.45) is 3.22. The number of piperidine rings is 1. The van der Waals surface area contributed by atoms with E-state index in [1.165, 1.54) is 23.4 Å². The third-order valence-corrected chi connectivity index (χ3v) is 7.18. The highest BCUT2D eigenvalue weighted by molar-refractivity contribution is 7.99. The molecule has 1 aromatic carbocycles. The Kier molecular flexibility index (Phi) is 6.28. The Labute approximate surface area is 190 Å². The van der Waals surface area contributed by atoms with E-state index in [2.05, 4.69) is 11.9 Å². The summed E-state index contributed by atoms with van der Waals surface area (Å²) in [6, 6.07) is 8.33. The lowest BCUT2D eigenvalue weighted by Gasteiger charge is -2.33. The van der Waals surface area contributed by atoms with Crippen LogP contribution in [0.1, 0.15) is 37.3 Å². The summed E-state index contributed by atoms with van der Waals surface area (Å²) in [5, 5.41) is 0.567. The van der Waals surface area contributed by atoms with E-state index in [0.717, 1.165) is 41.5 Å². The number of thioether (sulfide) groups is 1. The molecule has 170 valence electrons. The molecule has 1 aliphatic heterocycles. The molecule has 1 unspecified atom stereocenters. The Morgan fingerprint density at radius 1 is 1.12 bits per heavy atom. The van der Waals surface area contributed by atoms with E-state index >= 15 is 0 Å². The average molecular weight is 456 g/mol.